The molecule has 1 heterocycles. The summed E-state index contributed by atoms with van der Waals surface area (Å²) in [5, 5.41) is 11.6. The Morgan fingerprint density at radius 1 is 0.962 bits per heavy atom. The number of hydrogen-bond donors (Lipinski definition) is 4. The van der Waals surface area contributed by atoms with E-state index in [-0.39, 0.29) is 18.4 Å². The van der Waals surface area contributed by atoms with Crippen molar-refractivity contribution in [3.05, 3.63) is 47.8 Å². The van der Waals surface area contributed by atoms with Gasteiger partial charge in [0.2, 0.25) is 5.91 Å². The third-order valence-corrected chi connectivity index (χ3v) is 3.39. The maximum absolute atomic E-state index is 11.9. The Hall–Kier alpha value is -3.16. The first-order chi connectivity index (χ1) is 12.6. The van der Waals surface area contributed by atoms with E-state index in [9.17, 15) is 9.59 Å². The van der Waals surface area contributed by atoms with E-state index >= 15 is 0 Å². The fourth-order valence-corrected chi connectivity index (χ4v) is 2.24. The fraction of sp³-hybridized carbons (Fsp3) is 0.333. The van der Waals surface area contributed by atoms with Crippen LogP contribution < -0.4 is 21.3 Å². The van der Waals surface area contributed by atoms with Gasteiger partial charge >= 0.3 is 0 Å². The van der Waals surface area contributed by atoms with E-state index in [1.165, 1.54) is 0 Å². The Kier molecular flexibility index (Phi) is 7.35. The van der Waals surface area contributed by atoms with E-state index in [0.29, 0.717) is 30.3 Å². The van der Waals surface area contributed by atoms with Gasteiger partial charge in [0.05, 0.1) is 6.54 Å². The highest BCUT2D eigenvalue weighted by Gasteiger charge is 2.07. The van der Waals surface area contributed by atoms with Crippen LogP contribution in [0.3, 0.4) is 0 Å². The minimum atomic E-state index is -0.272. The molecule has 0 radical (unpaired) electrons. The van der Waals surface area contributed by atoms with Gasteiger partial charge in [-0.05, 0) is 26.0 Å². The summed E-state index contributed by atoms with van der Waals surface area (Å²) in [5.41, 5.74) is 0.526. The number of amides is 2. The van der Waals surface area contributed by atoms with Crippen LogP contribution in [-0.4, -0.2) is 48.0 Å². The van der Waals surface area contributed by atoms with Crippen molar-refractivity contribution in [2.75, 3.05) is 36.8 Å². The molecule has 1 aromatic heterocycles. The van der Waals surface area contributed by atoms with Gasteiger partial charge in [-0.2, -0.15) is 0 Å². The van der Waals surface area contributed by atoms with Gasteiger partial charge in [0.25, 0.3) is 5.91 Å². The van der Waals surface area contributed by atoms with Gasteiger partial charge in [0.15, 0.2) is 0 Å². The number of carbonyl (C=O) groups excluding carboxylic acids is 2. The topological polar surface area (TPSA) is 108 Å². The van der Waals surface area contributed by atoms with Crippen molar-refractivity contribution < 1.29 is 9.59 Å². The van der Waals surface area contributed by atoms with Crippen LogP contribution in [0, 0.1) is 6.92 Å². The summed E-state index contributed by atoms with van der Waals surface area (Å²) in [4.78, 5) is 32.2. The van der Waals surface area contributed by atoms with Gasteiger partial charge in [-0.1, -0.05) is 18.2 Å². The SMILES string of the molecule is CCNc1cc(NCCNC(=O)CNC(=O)c2ccccc2)nc(C)n1. The second kappa shape index (κ2) is 9.97. The van der Waals surface area contributed by atoms with Crippen LogP contribution >= 0.6 is 0 Å². The molecule has 0 atom stereocenters. The van der Waals surface area contributed by atoms with Crippen LogP contribution in [0.5, 0.6) is 0 Å². The van der Waals surface area contributed by atoms with E-state index < -0.39 is 0 Å². The highest BCUT2D eigenvalue weighted by atomic mass is 16.2. The van der Waals surface area contributed by atoms with Crippen LogP contribution in [0.2, 0.25) is 0 Å². The molecule has 8 heteroatoms. The molecule has 0 aliphatic carbocycles. The standard InChI is InChI=1S/C18H24N6O2/c1-3-19-15-11-16(24-13(2)23-15)20-9-10-21-17(25)12-22-18(26)14-7-5-4-6-8-14/h4-8,11H,3,9-10,12H2,1-2H3,(H,21,25)(H,22,26)(H2,19,20,23,24). The first-order valence-corrected chi connectivity index (χ1v) is 8.52. The minimum Gasteiger partial charge on any atom is -0.370 e. The summed E-state index contributed by atoms with van der Waals surface area (Å²) in [6, 6.07) is 10.6. The first-order valence-electron chi connectivity index (χ1n) is 8.52. The molecule has 26 heavy (non-hydrogen) atoms. The van der Waals surface area contributed by atoms with Crippen LogP contribution in [0.4, 0.5) is 11.6 Å². The van der Waals surface area contributed by atoms with Gasteiger partial charge in [0, 0.05) is 31.3 Å². The number of anilines is 2. The number of rotatable bonds is 9. The van der Waals surface area contributed by atoms with E-state index in [2.05, 4.69) is 31.2 Å². The Morgan fingerprint density at radius 3 is 2.35 bits per heavy atom. The smallest absolute Gasteiger partial charge is 0.251 e. The summed E-state index contributed by atoms with van der Waals surface area (Å²) in [7, 11) is 0. The fourth-order valence-electron chi connectivity index (χ4n) is 2.24. The molecule has 2 amide bonds. The predicted molar refractivity (Wildman–Crippen MR) is 101 cm³/mol. The molecule has 2 rings (SSSR count). The summed E-state index contributed by atoms with van der Waals surface area (Å²) in [5.74, 6) is 1.60. The highest BCUT2D eigenvalue weighted by Crippen LogP contribution is 2.10. The monoisotopic (exact) mass is 356 g/mol. The highest BCUT2D eigenvalue weighted by molar-refractivity contribution is 5.96. The zero-order valence-corrected chi connectivity index (χ0v) is 15.0. The second-order valence-electron chi connectivity index (χ2n) is 5.54. The second-order valence-corrected chi connectivity index (χ2v) is 5.54. The Balaban J connectivity index is 1.68. The maximum atomic E-state index is 11.9. The largest absolute Gasteiger partial charge is 0.370 e. The average Bonchev–Trinajstić information content (AvgIpc) is 2.64. The molecule has 0 bridgehead atoms. The van der Waals surface area contributed by atoms with E-state index in [0.717, 1.165) is 12.4 Å². The number of nitrogens with one attached hydrogen (secondary N) is 4. The van der Waals surface area contributed by atoms with Crippen molar-refractivity contribution in [3.8, 4) is 0 Å². The average molecular weight is 356 g/mol. The molecule has 0 fully saturated rings. The molecule has 1 aromatic carbocycles. The molecule has 8 nitrogen and oxygen atoms in total. The lowest BCUT2D eigenvalue weighted by atomic mass is 10.2. The molecular weight excluding hydrogens is 332 g/mol. The lowest BCUT2D eigenvalue weighted by Crippen LogP contribution is -2.38. The number of nitrogens with zero attached hydrogens (tertiary/aromatic N) is 2. The molecule has 0 saturated heterocycles. The van der Waals surface area contributed by atoms with Gasteiger partial charge in [-0.25, -0.2) is 9.97 Å². The molecule has 0 spiro atoms. The number of aromatic nitrogens is 2. The third kappa shape index (κ3) is 6.39. The Bertz CT molecular complexity index is 736. The zero-order valence-electron chi connectivity index (χ0n) is 15.0. The number of carbonyl (C=O) groups is 2. The quantitative estimate of drug-likeness (QED) is 0.503. The van der Waals surface area contributed by atoms with Gasteiger partial charge in [-0.15, -0.1) is 0 Å². The lowest BCUT2D eigenvalue weighted by molar-refractivity contribution is -0.120. The van der Waals surface area contributed by atoms with Crippen molar-refractivity contribution in [2.24, 2.45) is 0 Å². The molecule has 0 unspecified atom stereocenters. The molecular formula is C18H24N6O2. The predicted octanol–water partition coefficient (Wildman–Crippen LogP) is 1.17. The first kappa shape index (κ1) is 19.2. The molecule has 4 N–H and O–H groups in total. The van der Waals surface area contributed by atoms with E-state index in [1.54, 1.807) is 24.3 Å². The molecule has 0 aliphatic heterocycles. The molecule has 2 aromatic rings. The number of aryl methyl sites for hydroxylation is 1. The molecule has 0 saturated carbocycles. The van der Waals surface area contributed by atoms with Gasteiger partial charge < -0.3 is 21.3 Å². The minimum absolute atomic E-state index is 0.0646. The summed E-state index contributed by atoms with van der Waals surface area (Å²) in [6.45, 7) is 5.46. The Morgan fingerprint density at radius 2 is 1.65 bits per heavy atom. The number of hydrogen-bond acceptors (Lipinski definition) is 6. The van der Waals surface area contributed by atoms with Gasteiger partial charge in [-0.3, -0.25) is 9.59 Å². The molecule has 138 valence electrons. The van der Waals surface area contributed by atoms with Gasteiger partial charge in [0.1, 0.15) is 17.5 Å². The van der Waals surface area contributed by atoms with Crippen molar-refractivity contribution in [2.45, 2.75) is 13.8 Å². The number of benzene rings is 1. The summed E-state index contributed by atoms with van der Waals surface area (Å²) < 4.78 is 0. The van der Waals surface area contributed by atoms with Crippen LogP contribution in [0.1, 0.15) is 23.1 Å². The Labute approximate surface area is 152 Å². The van der Waals surface area contributed by atoms with Crippen molar-refractivity contribution in [1.29, 1.82) is 0 Å². The van der Waals surface area contributed by atoms with Crippen molar-refractivity contribution in [3.63, 3.8) is 0 Å². The van der Waals surface area contributed by atoms with Crippen molar-refractivity contribution >= 4 is 23.5 Å². The molecule has 0 aliphatic rings. The maximum Gasteiger partial charge on any atom is 0.251 e. The van der Waals surface area contributed by atoms with Crippen molar-refractivity contribution in [1.82, 2.24) is 20.6 Å². The van der Waals surface area contributed by atoms with E-state index in [1.807, 2.05) is 26.0 Å². The normalized spacial score (nSPS) is 10.1. The van der Waals surface area contributed by atoms with E-state index in [4.69, 9.17) is 0 Å². The lowest BCUT2D eigenvalue weighted by Gasteiger charge is -2.10. The van der Waals surface area contributed by atoms with Crippen LogP contribution in [-0.2, 0) is 4.79 Å². The third-order valence-electron chi connectivity index (χ3n) is 3.39. The van der Waals surface area contributed by atoms with Crippen LogP contribution in [0.25, 0.3) is 0 Å². The zero-order chi connectivity index (χ0) is 18.8. The summed E-state index contributed by atoms with van der Waals surface area (Å²) >= 11 is 0. The summed E-state index contributed by atoms with van der Waals surface area (Å²) in [6.07, 6.45) is 0. The van der Waals surface area contributed by atoms with Crippen LogP contribution in [0.15, 0.2) is 36.4 Å².